The van der Waals surface area contributed by atoms with Gasteiger partial charge in [0, 0.05) is 28.8 Å². The zero-order valence-corrected chi connectivity index (χ0v) is 13.9. The molecule has 20 heavy (non-hydrogen) atoms. The number of nitrogens with two attached hydrogens (primary N) is 1. The quantitative estimate of drug-likeness (QED) is 0.900. The number of hydrogen-bond acceptors (Lipinski definition) is 2. The van der Waals surface area contributed by atoms with E-state index in [9.17, 15) is 0 Å². The van der Waals surface area contributed by atoms with Gasteiger partial charge in [0.05, 0.1) is 12.0 Å². The number of aromatic nitrogens is 2. The highest BCUT2D eigenvalue weighted by Gasteiger charge is 2.19. The Hall–Kier alpha value is -1.13. The summed E-state index contributed by atoms with van der Waals surface area (Å²) in [4.78, 5) is 4.34. The molecule has 108 valence electrons. The molecule has 1 aromatic carbocycles. The standard InChI is InChI=1S/C16H22BrN3/c1-4-12-7-13(17)5-6-15(12)20-10-19-9-16(20)14(8-18)11(2)3/h5-7,9-11,14H,4,8,18H2,1-3H3. The van der Waals surface area contributed by atoms with Crippen molar-refractivity contribution in [3.8, 4) is 5.69 Å². The van der Waals surface area contributed by atoms with Crippen LogP contribution in [0.3, 0.4) is 0 Å². The van der Waals surface area contributed by atoms with E-state index in [0.717, 1.165) is 10.9 Å². The molecular formula is C16H22BrN3. The summed E-state index contributed by atoms with van der Waals surface area (Å²) in [5.74, 6) is 0.821. The van der Waals surface area contributed by atoms with Crippen LogP contribution in [-0.4, -0.2) is 16.1 Å². The van der Waals surface area contributed by atoms with E-state index in [1.165, 1.54) is 16.9 Å². The van der Waals surface area contributed by atoms with Crippen molar-refractivity contribution in [2.75, 3.05) is 6.54 Å². The second-order valence-electron chi connectivity index (χ2n) is 5.40. The van der Waals surface area contributed by atoms with Crippen LogP contribution in [0, 0.1) is 5.92 Å². The SMILES string of the molecule is CCc1cc(Br)ccc1-n1cncc1C(CN)C(C)C. The van der Waals surface area contributed by atoms with Crippen molar-refractivity contribution in [2.24, 2.45) is 11.7 Å². The fourth-order valence-electron chi connectivity index (χ4n) is 2.59. The van der Waals surface area contributed by atoms with Crippen molar-refractivity contribution in [1.82, 2.24) is 9.55 Å². The molecule has 0 amide bonds. The molecule has 0 saturated heterocycles. The lowest BCUT2D eigenvalue weighted by Gasteiger charge is -2.22. The molecule has 0 fully saturated rings. The van der Waals surface area contributed by atoms with Crippen molar-refractivity contribution in [1.29, 1.82) is 0 Å². The minimum atomic E-state index is 0.325. The van der Waals surface area contributed by atoms with Crippen LogP contribution in [-0.2, 0) is 6.42 Å². The van der Waals surface area contributed by atoms with Crippen LogP contribution < -0.4 is 5.73 Å². The van der Waals surface area contributed by atoms with Gasteiger partial charge < -0.3 is 10.3 Å². The highest BCUT2D eigenvalue weighted by Crippen LogP contribution is 2.28. The van der Waals surface area contributed by atoms with Crippen molar-refractivity contribution in [3.05, 3.63) is 46.5 Å². The molecule has 0 bridgehead atoms. The maximum Gasteiger partial charge on any atom is 0.0994 e. The third-order valence-electron chi connectivity index (χ3n) is 3.79. The first kappa shape index (κ1) is 15.3. The van der Waals surface area contributed by atoms with E-state index in [-0.39, 0.29) is 0 Å². The van der Waals surface area contributed by atoms with Crippen LogP contribution in [0.15, 0.2) is 35.2 Å². The van der Waals surface area contributed by atoms with Crippen LogP contribution in [0.25, 0.3) is 5.69 Å². The highest BCUT2D eigenvalue weighted by atomic mass is 79.9. The molecule has 0 spiro atoms. The first-order valence-corrected chi connectivity index (χ1v) is 7.88. The number of aryl methyl sites for hydroxylation is 1. The molecule has 4 heteroatoms. The molecule has 2 N–H and O–H groups in total. The fraction of sp³-hybridized carbons (Fsp3) is 0.438. The van der Waals surface area contributed by atoms with Gasteiger partial charge >= 0.3 is 0 Å². The monoisotopic (exact) mass is 335 g/mol. The van der Waals surface area contributed by atoms with Crippen LogP contribution in [0.1, 0.15) is 37.9 Å². The number of halogens is 1. The molecule has 1 atom stereocenters. The van der Waals surface area contributed by atoms with Crippen molar-refractivity contribution < 1.29 is 0 Å². The smallest absolute Gasteiger partial charge is 0.0994 e. The lowest BCUT2D eigenvalue weighted by atomic mass is 9.92. The Labute approximate surface area is 129 Å². The molecule has 1 aromatic heterocycles. The first-order valence-electron chi connectivity index (χ1n) is 7.09. The number of imidazole rings is 1. The van der Waals surface area contributed by atoms with Crippen LogP contribution >= 0.6 is 15.9 Å². The predicted molar refractivity (Wildman–Crippen MR) is 87.3 cm³/mol. The number of nitrogens with zero attached hydrogens (tertiary/aromatic N) is 2. The number of benzene rings is 1. The summed E-state index contributed by atoms with van der Waals surface area (Å²) >= 11 is 3.54. The van der Waals surface area contributed by atoms with Gasteiger partial charge in [-0.25, -0.2) is 4.98 Å². The van der Waals surface area contributed by atoms with Gasteiger partial charge in [-0.3, -0.25) is 0 Å². The lowest BCUT2D eigenvalue weighted by Crippen LogP contribution is -2.20. The van der Waals surface area contributed by atoms with Gasteiger partial charge in [0.1, 0.15) is 0 Å². The summed E-state index contributed by atoms with van der Waals surface area (Å²) in [5, 5.41) is 0. The molecule has 0 saturated carbocycles. The molecule has 1 heterocycles. The van der Waals surface area contributed by atoms with E-state index in [2.05, 4.69) is 64.5 Å². The zero-order chi connectivity index (χ0) is 14.7. The van der Waals surface area contributed by atoms with Gasteiger partial charge in [-0.15, -0.1) is 0 Å². The molecule has 3 nitrogen and oxygen atoms in total. The van der Waals surface area contributed by atoms with Crippen LogP contribution in [0.2, 0.25) is 0 Å². The van der Waals surface area contributed by atoms with E-state index in [1.54, 1.807) is 0 Å². The Balaban J connectivity index is 2.52. The summed E-state index contributed by atoms with van der Waals surface area (Å²) < 4.78 is 3.29. The molecule has 0 aliphatic carbocycles. The Bertz CT molecular complexity index is 575. The predicted octanol–water partition coefficient (Wildman–Crippen LogP) is 3.90. The van der Waals surface area contributed by atoms with Gasteiger partial charge in [-0.2, -0.15) is 0 Å². The van der Waals surface area contributed by atoms with Gasteiger partial charge in [-0.05, 0) is 36.1 Å². The number of hydrogen-bond donors (Lipinski definition) is 1. The average Bonchev–Trinajstić information content (AvgIpc) is 2.88. The average molecular weight is 336 g/mol. The van der Waals surface area contributed by atoms with Gasteiger partial charge in [0.25, 0.3) is 0 Å². The fourth-order valence-corrected chi connectivity index (χ4v) is 3.00. The minimum Gasteiger partial charge on any atom is -0.330 e. The third-order valence-corrected chi connectivity index (χ3v) is 4.28. The molecule has 0 aliphatic heterocycles. The van der Waals surface area contributed by atoms with E-state index in [0.29, 0.717) is 18.4 Å². The molecule has 2 aromatic rings. The molecule has 0 aliphatic rings. The van der Waals surface area contributed by atoms with E-state index in [4.69, 9.17) is 5.73 Å². The lowest BCUT2D eigenvalue weighted by molar-refractivity contribution is 0.489. The maximum absolute atomic E-state index is 5.96. The van der Waals surface area contributed by atoms with Gasteiger partial charge in [0.15, 0.2) is 0 Å². The molecule has 0 radical (unpaired) electrons. The largest absolute Gasteiger partial charge is 0.330 e. The van der Waals surface area contributed by atoms with E-state index >= 15 is 0 Å². The second kappa shape index (κ2) is 6.55. The summed E-state index contributed by atoms with van der Waals surface area (Å²) in [6, 6.07) is 6.39. The van der Waals surface area contributed by atoms with Crippen molar-refractivity contribution in [3.63, 3.8) is 0 Å². The number of rotatable bonds is 5. The second-order valence-corrected chi connectivity index (χ2v) is 6.32. The van der Waals surface area contributed by atoms with Gasteiger partial charge in [-0.1, -0.05) is 36.7 Å². The van der Waals surface area contributed by atoms with Crippen molar-refractivity contribution in [2.45, 2.75) is 33.1 Å². The topological polar surface area (TPSA) is 43.8 Å². The third kappa shape index (κ3) is 2.96. The summed E-state index contributed by atoms with van der Waals surface area (Å²) in [6.07, 6.45) is 4.82. The zero-order valence-electron chi connectivity index (χ0n) is 12.3. The van der Waals surface area contributed by atoms with Crippen LogP contribution in [0.5, 0.6) is 0 Å². The summed E-state index contributed by atoms with van der Waals surface area (Å²) in [5.41, 5.74) is 9.65. The first-order chi connectivity index (χ1) is 9.58. The molecular weight excluding hydrogens is 314 g/mol. The van der Waals surface area contributed by atoms with Crippen LogP contribution in [0.4, 0.5) is 0 Å². The Morgan fingerprint density at radius 2 is 2.10 bits per heavy atom. The molecule has 1 unspecified atom stereocenters. The minimum absolute atomic E-state index is 0.325. The normalized spacial score (nSPS) is 12.9. The van der Waals surface area contributed by atoms with E-state index < -0.39 is 0 Å². The summed E-state index contributed by atoms with van der Waals surface area (Å²) in [6.45, 7) is 7.22. The molecule has 2 rings (SSSR count). The maximum atomic E-state index is 5.96. The Morgan fingerprint density at radius 1 is 1.35 bits per heavy atom. The summed E-state index contributed by atoms with van der Waals surface area (Å²) in [7, 11) is 0. The van der Waals surface area contributed by atoms with Crippen molar-refractivity contribution >= 4 is 15.9 Å². The Kier molecular flexibility index (Phi) is 5.00. The highest BCUT2D eigenvalue weighted by molar-refractivity contribution is 9.10. The van der Waals surface area contributed by atoms with E-state index in [1.807, 2.05) is 12.5 Å². The Morgan fingerprint density at radius 3 is 2.70 bits per heavy atom. The van der Waals surface area contributed by atoms with Gasteiger partial charge in [0.2, 0.25) is 0 Å².